The molecule has 88 valence electrons. The molecule has 0 spiro atoms. The molecule has 16 heavy (non-hydrogen) atoms. The second-order valence-corrected chi connectivity index (χ2v) is 5.83. The summed E-state index contributed by atoms with van der Waals surface area (Å²) in [7, 11) is 0. The van der Waals surface area contributed by atoms with Crippen LogP contribution in [0.4, 0.5) is 0 Å². The molecule has 1 saturated carbocycles. The van der Waals surface area contributed by atoms with E-state index in [1.807, 2.05) is 11.8 Å². The number of nitriles is 1. The molecule has 2 rings (SSSR count). The molecule has 4 nitrogen and oxygen atoms in total. The minimum atomic E-state index is 0.171. The van der Waals surface area contributed by atoms with Gasteiger partial charge in [-0.15, -0.1) is 0 Å². The van der Waals surface area contributed by atoms with Gasteiger partial charge in [-0.05, 0) is 12.8 Å². The first kappa shape index (κ1) is 11.6. The normalized spacial score (nSPS) is 23.9. The van der Waals surface area contributed by atoms with E-state index in [-0.39, 0.29) is 5.41 Å². The van der Waals surface area contributed by atoms with Gasteiger partial charge in [-0.3, -0.25) is 4.99 Å². The molecule has 1 heterocycles. The van der Waals surface area contributed by atoms with Crippen molar-refractivity contribution in [2.45, 2.75) is 19.3 Å². The summed E-state index contributed by atoms with van der Waals surface area (Å²) < 4.78 is 0. The highest BCUT2D eigenvalue weighted by Gasteiger charge is 2.42. The Morgan fingerprint density at radius 3 is 2.69 bits per heavy atom. The van der Waals surface area contributed by atoms with Gasteiger partial charge in [-0.2, -0.15) is 17.0 Å². The molecule has 0 bridgehead atoms. The second-order valence-electron chi connectivity index (χ2n) is 4.61. The lowest BCUT2D eigenvalue weighted by molar-refractivity contribution is 0.449. The predicted octanol–water partition coefficient (Wildman–Crippen LogP) is 1.04. The third-order valence-corrected chi connectivity index (χ3v) is 4.27. The first-order valence-electron chi connectivity index (χ1n) is 5.75. The van der Waals surface area contributed by atoms with Crippen molar-refractivity contribution in [1.82, 2.24) is 4.90 Å². The Morgan fingerprint density at radius 2 is 2.12 bits per heavy atom. The minimum Gasteiger partial charge on any atom is -0.370 e. The van der Waals surface area contributed by atoms with Gasteiger partial charge < -0.3 is 10.6 Å². The summed E-state index contributed by atoms with van der Waals surface area (Å²) in [5.74, 6) is 2.95. The summed E-state index contributed by atoms with van der Waals surface area (Å²) in [6, 6.07) is 2.25. The predicted molar refractivity (Wildman–Crippen MR) is 67.3 cm³/mol. The fraction of sp³-hybridized carbons (Fsp3) is 0.818. The van der Waals surface area contributed by atoms with Crippen LogP contribution in [0.5, 0.6) is 0 Å². The highest BCUT2D eigenvalue weighted by molar-refractivity contribution is 7.99. The van der Waals surface area contributed by atoms with Crippen LogP contribution in [-0.2, 0) is 0 Å². The molecule has 2 aliphatic rings. The van der Waals surface area contributed by atoms with Crippen LogP contribution in [0.15, 0.2) is 4.99 Å². The van der Waals surface area contributed by atoms with Gasteiger partial charge in [0.05, 0.1) is 6.07 Å². The Morgan fingerprint density at radius 1 is 1.44 bits per heavy atom. The molecule has 2 N–H and O–H groups in total. The van der Waals surface area contributed by atoms with E-state index < -0.39 is 0 Å². The van der Waals surface area contributed by atoms with Gasteiger partial charge in [0.25, 0.3) is 0 Å². The van der Waals surface area contributed by atoms with Gasteiger partial charge >= 0.3 is 0 Å². The fourth-order valence-corrected chi connectivity index (χ4v) is 2.78. The van der Waals surface area contributed by atoms with Crippen molar-refractivity contribution >= 4 is 17.7 Å². The number of aliphatic imine (C=N–C) groups is 1. The van der Waals surface area contributed by atoms with Crippen molar-refractivity contribution in [2.75, 3.05) is 31.1 Å². The molecule has 5 heteroatoms. The van der Waals surface area contributed by atoms with E-state index in [2.05, 4.69) is 16.0 Å². The van der Waals surface area contributed by atoms with E-state index in [0.29, 0.717) is 12.4 Å². The van der Waals surface area contributed by atoms with Crippen molar-refractivity contribution in [3.63, 3.8) is 0 Å². The third kappa shape index (κ3) is 2.82. The molecule has 0 aromatic heterocycles. The molecule has 0 radical (unpaired) electrons. The van der Waals surface area contributed by atoms with Gasteiger partial charge in [0, 0.05) is 43.0 Å². The average Bonchev–Trinajstić information content (AvgIpc) is 3.08. The van der Waals surface area contributed by atoms with Crippen molar-refractivity contribution in [3.05, 3.63) is 0 Å². The molecule has 0 amide bonds. The molecule has 0 aromatic rings. The SMILES string of the molecule is N#CCC1(CN=C(N)N2CCSCC2)CC1. The van der Waals surface area contributed by atoms with E-state index in [4.69, 9.17) is 11.0 Å². The quantitative estimate of drug-likeness (QED) is 0.589. The second kappa shape index (κ2) is 4.96. The minimum absolute atomic E-state index is 0.171. The fourth-order valence-electron chi connectivity index (χ4n) is 1.88. The number of rotatable bonds is 3. The van der Waals surface area contributed by atoms with Crippen LogP contribution in [0.2, 0.25) is 0 Å². The zero-order valence-corrected chi connectivity index (χ0v) is 10.3. The van der Waals surface area contributed by atoms with E-state index in [1.54, 1.807) is 0 Å². The number of nitrogens with two attached hydrogens (primary N) is 1. The Hall–Kier alpha value is -0.890. The van der Waals surface area contributed by atoms with E-state index in [9.17, 15) is 0 Å². The largest absolute Gasteiger partial charge is 0.370 e. The first-order chi connectivity index (χ1) is 7.76. The van der Waals surface area contributed by atoms with E-state index >= 15 is 0 Å². The van der Waals surface area contributed by atoms with Gasteiger partial charge in [0.2, 0.25) is 0 Å². The number of hydrogen-bond acceptors (Lipinski definition) is 3. The molecule has 0 atom stereocenters. The average molecular weight is 238 g/mol. The summed E-state index contributed by atoms with van der Waals surface area (Å²) in [5.41, 5.74) is 6.13. The maximum Gasteiger partial charge on any atom is 0.191 e. The zero-order valence-electron chi connectivity index (χ0n) is 9.48. The lowest BCUT2D eigenvalue weighted by Crippen LogP contribution is -2.43. The number of guanidine groups is 1. The van der Waals surface area contributed by atoms with Crippen LogP contribution in [0.1, 0.15) is 19.3 Å². The van der Waals surface area contributed by atoms with E-state index in [0.717, 1.165) is 44.0 Å². The van der Waals surface area contributed by atoms with Crippen LogP contribution < -0.4 is 5.73 Å². The van der Waals surface area contributed by atoms with Crippen LogP contribution in [0.3, 0.4) is 0 Å². The van der Waals surface area contributed by atoms with Crippen molar-refractivity contribution < 1.29 is 0 Å². The molecule has 1 aliphatic heterocycles. The van der Waals surface area contributed by atoms with Crippen molar-refractivity contribution in [1.29, 1.82) is 5.26 Å². The molecule has 0 aromatic carbocycles. The summed E-state index contributed by atoms with van der Waals surface area (Å²) >= 11 is 1.96. The summed E-state index contributed by atoms with van der Waals surface area (Å²) in [4.78, 5) is 6.61. The Kier molecular flexibility index (Phi) is 3.59. The number of hydrogen-bond donors (Lipinski definition) is 1. The van der Waals surface area contributed by atoms with Crippen LogP contribution in [0.25, 0.3) is 0 Å². The van der Waals surface area contributed by atoms with Gasteiger partial charge in [0.15, 0.2) is 5.96 Å². The Balaban J connectivity index is 1.84. The molecule has 2 fully saturated rings. The Bertz CT molecular complexity index is 310. The zero-order chi connectivity index (χ0) is 11.4. The van der Waals surface area contributed by atoms with Crippen LogP contribution in [-0.4, -0.2) is 42.0 Å². The maximum atomic E-state index is 8.71. The van der Waals surface area contributed by atoms with E-state index in [1.165, 1.54) is 0 Å². The molecule has 1 aliphatic carbocycles. The third-order valence-electron chi connectivity index (χ3n) is 3.32. The monoisotopic (exact) mass is 238 g/mol. The standard InChI is InChI=1S/C11H18N4S/c12-4-3-11(1-2-11)9-14-10(13)15-5-7-16-8-6-15/h1-3,5-9H2,(H2,13,14). The topological polar surface area (TPSA) is 65.4 Å². The van der Waals surface area contributed by atoms with Crippen LogP contribution in [0, 0.1) is 16.7 Å². The summed E-state index contributed by atoms with van der Waals surface area (Å²) in [6.07, 6.45) is 2.89. The van der Waals surface area contributed by atoms with Gasteiger partial charge in [0.1, 0.15) is 0 Å². The molecular formula is C11H18N4S. The van der Waals surface area contributed by atoms with Gasteiger partial charge in [-0.1, -0.05) is 0 Å². The number of thioether (sulfide) groups is 1. The van der Waals surface area contributed by atoms with Gasteiger partial charge in [-0.25, -0.2) is 0 Å². The van der Waals surface area contributed by atoms with Crippen molar-refractivity contribution in [3.8, 4) is 6.07 Å². The highest BCUT2D eigenvalue weighted by atomic mass is 32.2. The maximum absolute atomic E-state index is 8.71. The molecular weight excluding hydrogens is 220 g/mol. The number of nitrogens with zero attached hydrogens (tertiary/aromatic N) is 3. The summed E-state index contributed by atoms with van der Waals surface area (Å²) in [6.45, 7) is 2.74. The molecule has 1 saturated heterocycles. The lowest BCUT2D eigenvalue weighted by atomic mass is 10.0. The van der Waals surface area contributed by atoms with Crippen LogP contribution >= 0.6 is 11.8 Å². The lowest BCUT2D eigenvalue weighted by Gasteiger charge is -2.27. The Labute approximate surface area is 101 Å². The highest BCUT2D eigenvalue weighted by Crippen LogP contribution is 2.48. The summed E-state index contributed by atoms with van der Waals surface area (Å²) in [5, 5.41) is 8.71. The van der Waals surface area contributed by atoms with Crippen molar-refractivity contribution in [2.24, 2.45) is 16.1 Å². The first-order valence-corrected chi connectivity index (χ1v) is 6.91. The smallest absolute Gasteiger partial charge is 0.191 e. The molecule has 0 unspecified atom stereocenters.